The maximum absolute atomic E-state index is 12.9. The molecule has 3 aromatic heterocycles. The third kappa shape index (κ3) is 7.89. The van der Waals surface area contributed by atoms with Gasteiger partial charge in [-0.1, -0.05) is 6.07 Å². The highest BCUT2D eigenvalue weighted by Crippen LogP contribution is 2.50. The molecule has 41 heavy (non-hydrogen) atoms. The first-order valence-corrected chi connectivity index (χ1v) is 14.7. The minimum atomic E-state index is -3.42. The monoisotopic (exact) mass is 587 g/mol. The van der Waals surface area contributed by atoms with Gasteiger partial charge in [0.15, 0.2) is 17.3 Å². The van der Waals surface area contributed by atoms with Crippen LogP contribution in [0.3, 0.4) is 0 Å². The molecule has 0 unspecified atom stereocenters. The SMILES string of the molecule is CCOP(=O)(C=Cc1cn(CCO)nc1OCc1ccc(OCc2nc(-c3ccco3)oc2C)c(OC)c1)OCC. The van der Waals surface area contributed by atoms with Crippen LogP contribution in [0.2, 0.25) is 0 Å². The van der Waals surface area contributed by atoms with Crippen molar-refractivity contribution in [3.8, 4) is 29.0 Å². The fourth-order valence-corrected chi connectivity index (χ4v) is 5.11. The predicted octanol–water partition coefficient (Wildman–Crippen LogP) is 5.84. The summed E-state index contributed by atoms with van der Waals surface area (Å²) in [5, 5.41) is 13.7. The van der Waals surface area contributed by atoms with Crippen molar-refractivity contribution in [2.75, 3.05) is 26.9 Å². The van der Waals surface area contributed by atoms with E-state index in [1.54, 1.807) is 68.4 Å². The van der Waals surface area contributed by atoms with E-state index in [0.29, 0.717) is 46.0 Å². The van der Waals surface area contributed by atoms with Crippen molar-refractivity contribution < 1.29 is 41.8 Å². The number of benzene rings is 1. The smallest absolute Gasteiger partial charge is 0.354 e. The van der Waals surface area contributed by atoms with Crippen molar-refractivity contribution in [3.05, 3.63) is 71.2 Å². The highest BCUT2D eigenvalue weighted by molar-refractivity contribution is 7.57. The molecule has 1 N–H and O–H groups in total. The van der Waals surface area contributed by atoms with E-state index in [4.69, 9.17) is 32.1 Å². The molecule has 0 bridgehead atoms. The number of nitrogens with zero attached hydrogens (tertiary/aromatic N) is 3. The lowest BCUT2D eigenvalue weighted by Crippen LogP contribution is -2.04. The van der Waals surface area contributed by atoms with E-state index in [2.05, 4.69) is 10.1 Å². The lowest BCUT2D eigenvalue weighted by atomic mass is 10.2. The van der Waals surface area contributed by atoms with Gasteiger partial charge in [-0.3, -0.25) is 9.25 Å². The van der Waals surface area contributed by atoms with Crippen molar-refractivity contribution in [3.63, 3.8) is 0 Å². The van der Waals surface area contributed by atoms with Gasteiger partial charge >= 0.3 is 7.60 Å². The Kier molecular flexibility index (Phi) is 10.4. The highest BCUT2D eigenvalue weighted by Gasteiger charge is 2.20. The molecule has 4 rings (SSSR count). The summed E-state index contributed by atoms with van der Waals surface area (Å²) < 4.78 is 53.6. The van der Waals surface area contributed by atoms with Gasteiger partial charge in [0.2, 0.25) is 5.88 Å². The molecule has 0 spiro atoms. The van der Waals surface area contributed by atoms with Crippen LogP contribution in [0.15, 0.2) is 57.4 Å². The van der Waals surface area contributed by atoms with Crippen LogP contribution < -0.4 is 14.2 Å². The largest absolute Gasteiger partial charge is 0.493 e. The van der Waals surface area contributed by atoms with Crippen LogP contribution in [0.5, 0.6) is 17.4 Å². The summed E-state index contributed by atoms with van der Waals surface area (Å²) in [6.07, 6.45) is 4.83. The van der Waals surface area contributed by atoms with E-state index in [0.717, 1.165) is 5.56 Å². The molecule has 0 fully saturated rings. The zero-order valence-electron chi connectivity index (χ0n) is 23.4. The van der Waals surface area contributed by atoms with Crippen LogP contribution >= 0.6 is 7.60 Å². The normalized spacial score (nSPS) is 11.8. The number of hydrogen-bond acceptors (Lipinski definition) is 11. The van der Waals surface area contributed by atoms with Crippen LogP contribution in [-0.4, -0.2) is 46.8 Å². The first-order valence-electron chi connectivity index (χ1n) is 13.1. The second-order valence-corrected chi connectivity index (χ2v) is 10.5. The number of rotatable bonds is 16. The maximum Gasteiger partial charge on any atom is 0.354 e. The van der Waals surface area contributed by atoms with E-state index in [1.807, 2.05) is 13.0 Å². The van der Waals surface area contributed by atoms with Crippen molar-refractivity contribution in [2.24, 2.45) is 0 Å². The molecule has 0 saturated heterocycles. The molecule has 0 radical (unpaired) electrons. The Morgan fingerprint density at radius 3 is 2.59 bits per heavy atom. The number of aliphatic hydroxyl groups is 1. The van der Waals surface area contributed by atoms with E-state index in [9.17, 15) is 9.67 Å². The molecule has 0 aliphatic rings. The van der Waals surface area contributed by atoms with Crippen molar-refractivity contribution in [1.29, 1.82) is 0 Å². The number of ether oxygens (including phenoxy) is 3. The Hall–Kier alpha value is -3.83. The van der Waals surface area contributed by atoms with Gasteiger partial charge in [0.1, 0.15) is 24.7 Å². The first-order chi connectivity index (χ1) is 19.9. The predicted molar refractivity (Wildman–Crippen MR) is 150 cm³/mol. The Labute approximate surface area is 238 Å². The standard InChI is InChI=1S/C28H34N3O9P/c1-5-38-41(33,39-6-2)15-11-22-17-31(12-13-32)30-27(22)37-18-21-9-10-24(26(16-21)34-4)36-19-23-20(3)40-28(29-23)25-8-7-14-35-25/h7-11,14-17,32H,5-6,12-13,18-19H2,1-4H3. The molecular formula is C28H34N3O9P. The highest BCUT2D eigenvalue weighted by atomic mass is 31.2. The number of aryl methyl sites for hydroxylation is 1. The van der Waals surface area contributed by atoms with E-state index in [-0.39, 0.29) is 39.6 Å². The minimum Gasteiger partial charge on any atom is -0.493 e. The fraction of sp³-hybridized carbons (Fsp3) is 0.357. The van der Waals surface area contributed by atoms with Gasteiger partial charge in [-0.2, -0.15) is 0 Å². The van der Waals surface area contributed by atoms with Gasteiger partial charge < -0.3 is 37.2 Å². The van der Waals surface area contributed by atoms with Crippen LogP contribution in [-0.2, 0) is 33.4 Å². The molecule has 220 valence electrons. The molecule has 3 heterocycles. The average Bonchev–Trinajstić information content (AvgIpc) is 3.71. The Bertz CT molecular complexity index is 1470. The lowest BCUT2D eigenvalue weighted by Gasteiger charge is -2.13. The summed E-state index contributed by atoms with van der Waals surface area (Å²) in [5.41, 5.74) is 2.00. The van der Waals surface area contributed by atoms with E-state index >= 15 is 0 Å². The zero-order valence-corrected chi connectivity index (χ0v) is 24.3. The number of aliphatic hydroxyl groups excluding tert-OH is 1. The summed E-state index contributed by atoms with van der Waals surface area (Å²) in [6, 6.07) is 8.98. The summed E-state index contributed by atoms with van der Waals surface area (Å²) in [4.78, 5) is 4.47. The van der Waals surface area contributed by atoms with Crippen LogP contribution in [0.25, 0.3) is 17.7 Å². The Balaban J connectivity index is 1.45. The number of oxazole rings is 1. The van der Waals surface area contributed by atoms with E-state index < -0.39 is 7.60 Å². The number of methoxy groups -OCH3 is 1. The second kappa shape index (κ2) is 14.2. The van der Waals surface area contributed by atoms with Gasteiger partial charge in [-0.25, -0.2) is 4.98 Å². The first kappa shape index (κ1) is 30.1. The van der Waals surface area contributed by atoms with Gasteiger partial charge in [0, 0.05) is 12.0 Å². The minimum absolute atomic E-state index is 0.0999. The molecule has 4 aromatic rings. The molecule has 0 saturated carbocycles. The van der Waals surface area contributed by atoms with Gasteiger partial charge in [-0.15, -0.1) is 5.10 Å². The average molecular weight is 588 g/mol. The third-order valence-corrected chi connectivity index (χ3v) is 7.48. The summed E-state index contributed by atoms with van der Waals surface area (Å²) in [5.74, 6) is 4.28. The molecule has 0 atom stereocenters. The molecule has 0 amide bonds. The van der Waals surface area contributed by atoms with Crippen molar-refractivity contribution in [1.82, 2.24) is 14.8 Å². The molecule has 12 nitrogen and oxygen atoms in total. The maximum atomic E-state index is 12.9. The molecule has 0 aliphatic carbocycles. The molecule has 1 aromatic carbocycles. The Morgan fingerprint density at radius 2 is 1.90 bits per heavy atom. The number of hydrogen-bond donors (Lipinski definition) is 1. The van der Waals surface area contributed by atoms with Gasteiger partial charge in [0.25, 0.3) is 5.89 Å². The number of aromatic nitrogens is 3. The third-order valence-electron chi connectivity index (χ3n) is 5.73. The van der Waals surface area contributed by atoms with Crippen molar-refractivity contribution in [2.45, 2.75) is 40.5 Å². The summed E-state index contributed by atoms with van der Waals surface area (Å²) >= 11 is 0. The Morgan fingerprint density at radius 1 is 1.10 bits per heavy atom. The van der Waals surface area contributed by atoms with E-state index in [1.165, 1.54) is 5.82 Å². The summed E-state index contributed by atoms with van der Waals surface area (Å²) in [7, 11) is -1.86. The van der Waals surface area contributed by atoms with Crippen LogP contribution in [0.1, 0.15) is 36.4 Å². The van der Waals surface area contributed by atoms with Crippen molar-refractivity contribution >= 4 is 13.7 Å². The van der Waals surface area contributed by atoms with Crippen LogP contribution in [0.4, 0.5) is 0 Å². The number of furan rings is 1. The van der Waals surface area contributed by atoms with Gasteiger partial charge in [-0.05, 0) is 56.7 Å². The summed E-state index contributed by atoms with van der Waals surface area (Å²) in [6.45, 7) is 6.28. The topological polar surface area (TPSA) is 140 Å². The zero-order chi connectivity index (χ0) is 29.2. The molecule has 13 heteroatoms. The quantitative estimate of drug-likeness (QED) is 0.158. The lowest BCUT2D eigenvalue weighted by molar-refractivity contribution is 0.229. The molecule has 0 aliphatic heterocycles. The van der Waals surface area contributed by atoms with Gasteiger partial charge in [0.05, 0.1) is 45.3 Å². The second-order valence-electron chi connectivity index (χ2n) is 8.63. The fourth-order valence-electron chi connectivity index (χ4n) is 3.80. The van der Waals surface area contributed by atoms with Crippen LogP contribution in [0, 0.1) is 6.92 Å². The molecular weight excluding hydrogens is 553 g/mol.